The summed E-state index contributed by atoms with van der Waals surface area (Å²) < 4.78 is 53.1. The van der Waals surface area contributed by atoms with Gasteiger partial charge in [-0.25, -0.2) is 4.39 Å². The van der Waals surface area contributed by atoms with Gasteiger partial charge in [-0.15, -0.1) is 0 Å². The van der Waals surface area contributed by atoms with Crippen LogP contribution in [-0.2, 0) is 12.6 Å². The standard InChI is InChI=1S/C17H14F4N4O/c18-13-7-9(4-5-12(13)17(19,20)21)6-11-14(10-2-1-3-10)24-16-22-8-23-25(16)15(11)26/h4-5,7-8,10H,1-3,6H2,(H,22,23,24). The Morgan fingerprint density at radius 2 is 2.04 bits per heavy atom. The number of rotatable bonds is 3. The first-order valence-corrected chi connectivity index (χ1v) is 8.15. The van der Waals surface area contributed by atoms with Gasteiger partial charge in [0.1, 0.15) is 12.1 Å². The molecule has 5 nitrogen and oxygen atoms in total. The van der Waals surface area contributed by atoms with Crippen LogP contribution in [0.25, 0.3) is 5.78 Å². The van der Waals surface area contributed by atoms with Crippen molar-refractivity contribution in [3.63, 3.8) is 0 Å². The smallest absolute Gasteiger partial charge is 0.327 e. The van der Waals surface area contributed by atoms with Gasteiger partial charge in [-0.1, -0.05) is 12.5 Å². The van der Waals surface area contributed by atoms with Gasteiger partial charge in [0.15, 0.2) is 0 Å². The summed E-state index contributed by atoms with van der Waals surface area (Å²) in [7, 11) is 0. The van der Waals surface area contributed by atoms with E-state index in [0.29, 0.717) is 28.7 Å². The van der Waals surface area contributed by atoms with Crippen LogP contribution in [0.3, 0.4) is 0 Å². The first-order chi connectivity index (χ1) is 12.3. The fraction of sp³-hybridized carbons (Fsp3) is 0.353. The van der Waals surface area contributed by atoms with Gasteiger partial charge in [-0.05, 0) is 36.5 Å². The summed E-state index contributed by atoms with van der Waals surface area (Å²) in [6, 6.07) is 2.73. The number of aromatic amines is 1. The van der Waals surface area contributed by atoms with Crippen molar-refractivity contribution in [2.45, 2.75) is 37.8 Å². The van der Waals surface area contributed by atoms with Crippen LogP contribution in [0.4, 0.5) is 17.6 Å². The number of hydrogen-bond donors (Lipinski definition) is 1. The van der Waals surface area contributed by atoms with Crippen molar-refractivity contribution < 1.29 is 17.6 Å². The molecule has 0 unspecified atom stereocenters. The van der Waals surface area contributed by atoms with E-state index in [1.54, 1.807) is 0 Å². The molecule has 1 N–H and O–H groups in total. The van der Waals surface area contributed by atoms with Gasteiger partial charge >= 0.3 is 6.18 Å². The number of hydrogen-bond acceptors (Lipinski definition) is 3. The highest BCUT2D eigenvalue weighted by Crippen LogP contribution is 2.37. The monoisotopic (exact) mass is 366 g/mol. The molecule has 0 bridgehead atoms. The Morgan fingerprint density at radius 3 is 2.65 bits per heavy atom. The number of H-pyrrole nitrogens is 1. The Bertz CT molecular complexity index is 1030. The zero-order valence-electron chi connectivity index (χ0n) is 13.5. The van der Waals surface area contributed by atoms with Gasteiger partial charge in [0, 0.05) is 17.7 Å². The molecule has 0 spiro atoms. The summed E-state index contributed by atoms with van der Waals surface area (Å²) in [5, 5.41) is 3.87. The van der Waals surface area contributed by atoms with E-state index < -0.39 is 23.1 Å². The third-order valence-electron chi connectivity index (χ3n) is 4.80. The molecule has 9 heteroatoms. The molecule has 0 atom stereocenters. The minimum atomic E-state index is -4.75. The molecule has 4 rings (SSSR count). The Kier molecular flexibility index (Phi) is 3.82. The number of fused-ring (bicyclic) bond motifs is 1. The molecule has 0 radical (unpaired) electrons. The van der Waals surface area contributed by atoms with E-state index in [1.165, 1.54) is 12.4 Å². The Morgan fingerprint density at radius 1 is 1.27 bits per heavy atom. The zero-order chi connectivity index (χ0) is 18.5. The molecule has 1 aliphatic rings. The average Bonchev–Trinajstić information content (AvgIpc) is 2.97. The van der Waals surface area contributed by atoms with E-state index >= 15 is 0 Å². The van der Waals surface area contributed by atoms with Crippen LogP contribution in [-0.4, -0.2) is 19.6 Å². The van der Waals surface area contributed by atoms with Crippen molar-refractivity contribution in [1.29, 1.82) is 0 Å². The molecule has 3 aromatic rings. The normalized spacial score (nSPS) is 15.4. The summed E-state index contributed by atoms with van der Waals surface area (Å²) in [4.78, 5) is 19.8. The van der Waals surface area contributed by atoms with Crippen molar-refractivity contribution in [3.8, 4) is 0 Å². The van der Waals surface area contributed by atoms with Gasteiger partial charge in [-0.2, -0.15) is 27.8 Å². The van der Waals surface area contributed by atoms with Gasteiger partial charge in [-0.3, -0.25) is 4.79 Å². The summed E-state index contributed by atoms with van der Waals surface area (Å²) >= 11 is 0. The van der Waals surface area contributed by atoms with Crippen molar-refractivity contribution in [1.82, 2.24) is 19.6 Å². The number of aromatic nitrogens is 4. The van der Waals surface area contributed by atoms with E-state index in [2.05, 4.69) is 15.1 Å². The predicted octanol–water partition coefficient (Wildman–Crippen LogP) is 3.43. The number of nitrogens with zero attached hydrogens (tertiary/aromatic N) is 3. The van der Waals surface area contributed by atoms with Crippen LogP contribution in [0.15, 0.2) is 29.3 Å². The van der Waals surface area contributed by atoms with Gasteiger partial charge in [0.25, 0.3) is 5.56 Å². The van der Waals surface area contributed by atoms with E-state index in [-0.39, 0.29) is 12.3 Å². The second kappa shape index (κ2) is 5.93. The number of nitrogens with one attached hydrogen (secondary N) is 1. The molecule has 2 heterocycles. The third kappa shape index (κ3) is 2.77. The molecule has 0 amide bonds. The molecule has 136 valence electrons. The fourth-order valence-corrected chi connectivity index (χ4v) is 3.23. The predicted molar refractivity (Wildman–Crippen MR) is 84.4 cm³/mol. The molecular weight excluding hydrogens is 352 g/mol. The van der Waals surface area contributed by atoms with Crippen molar-refractivity contribution in [2.24, 2.45) is 0 Å². The topological polar surface area (TPSA) is 63.0 Å². The van der Waals surface area contributed by atoms with Crippen LogP contribution in [0.1, 0.15) is 47.6 Å². The van der Waals surface area contributed by atoms with Crippen molar-refractivity contribution in [2.75, 3.05) is 0 Å². The van der Waals surface area contributed by atoms with Crippen LogP contribution in [0.5, 0.6) is 0 Å². The van der Waals surface area contributed by atoms with Crippen LogP contribution in [0, 0.1) is 5.82 Å². The zero-order valence-corrected chi connectivity index (χ0v) is 13.5. The summed E-state index contributed by atoms with van der Waals surface area (Å²) in [6.07, 6.45) is -0.621. The van der Waals surface area contributed by atoms with Crippen LogP contribution >= 0.6 is 0 Å². The fourth-order valence-electron chi connectivity index (χ4n) is 3.23. The first-order valence-electron chi connectivity index (χ1n) is 8.15. The quantitative estimate of drug-likeness (QED) is 0.723. The van der Waals surface area contributed by atoms with E-state index in [9.17, 15) is 22.4 Å². The number of alkyl halides is 3. The maximum absolute atomic E-state index is 13.9. The minimum absolute atomic E-state index is 0.0199. The molecule has 0 aliphatic heterocycles. The number of halogens is 4. The minimum Gasteiger partial charge on any atom is -0.327 e. The molecule has 1 aromatic carbocycles. The molecule has 2 aromatic heterocycles. The lowest BCUT2D eigenvalue weighted by atomic mass is 9.80. The molecule has 26 heavy (non-hydrogen) atoms. The van der Waals surface area contributed by atoms with E-state index in [0.717, 1.165) is 29.8 Å². The highest BCUT2D eigenvalue weighted by atomic mass is 19.4. The molecular formula is C17H14F4N4O. The maximum atomic E-state index is 13.9. The molecule has 1 saturated carbocycles. The highest BCUT2D eigenvalue weighted by molar-refractivity contribution is 5.38. The third-order valence-corrected chi connectivity index (χ3v) is 4.80. The lowest BCUT2D eigenvalue weighted by Crippen LogP contribution is -2.26. The Balaban J connectivity index is 1.78. The lowest BCUT2D eigenvalue weighted by molar-refractivity contribution is -0.140. The summed E-state index contributed by atoms with van der Waals surface area (Å²) in [5.41, 5.74) is -0.325. The Labute approximate surface area is 144 Å². The lowest BCUT2D eigenvalue weighted by Gasteiger charge is -2.27. The van der Waals surface area contributed by atoms with Gasteiger partial charge < -0.3 is 4.98 Å². The van der Waals surface area contributed by atoms with Crippen LogP contribution < -0.4 is 5.56 Å². The molecule has 0 saturated heterocycles. The summed E-state index contributed by atoms with van der Waals surface area (Å²) in [6.45, 7) is 0. The van der Waals surface area contributed by atoms with E-state index in [1.807, 2.05) is 0 Å². The molecule has 1 fully saturated rings. The van der Waals surface area contributed by atoms with Crippen molar-refractivity contribution in [3.05, 3.63) is 63.1 Å². The largest absolute Gasteiger partial charge is 0.419 e. The summed E-state index contributed by atoms with van der Waals surface area (Å²) in [5.74, 6) is -0.864. The molecule has 1 aliphatic carbocycles. The van der Waals surface area contributed by atoms with Gasteiger partial charge in [0.05, 0.1) is 5.56 Å². The maximum Gasteiger partial charge on any atom is 0.419 e. The average molecular weight is 366 g/mol. The number of benzene rings is 1. The second-order valence-corrected chi connectivity index (χ2v) is 6.43. The second-order valence-electron chi connectivity index (χ2n) is 6.43. The van der Waals surface area contributed by atoms with E-state index in [4.69, 9.17) is 0 Å². The Hall–Kier alpha value is -2.71. The van der Waals surface area contributed by atoms with Crippen molar-refractivity contribution >= 4 is 5.78 Å². The van der Waals surface area contributed by atoms with Gasteiger partial charge in [0.2, 0.25) is 5.78 Å². The SMILES string of the molecule is O=c1c(Cc2ccc(C(F)(F)F)c(F)c2)c(C2CCC2)[nH]c2ncnn12. The first kappa shape index (κ1) is 16.7. The highest BCUT2D eigenvalue weighted by Gasteiger charge is 2.34. The van der Waals surface area contributed by atoms with Crippen LogP contribution in [0.2, 0.25) is 0 Å².